The van der Waals surface area contributed by atoms with Gasteiger partial charge in [-0.05, 0) is 48.0 Å². The van der Waals surface area contributed by atoms with Crippen LogP contribution in [0.4, 0.5) is 11.4 Å². The SMILES string of the molecule is CNC1C(=O)Nc2cc(N(C)C(C)C(C)C)c(Br)cc21. The molecule has 0 aromatic heterocycles. The van der Waals surface area contributed by atoms with Gasteiger partial charge >= 0.3 is 0 Å². The maximum atomic E-state index is 11.9. The van der Waals surface area contributed by atoms with E-state index in [0.29, 0.717) is 12.0 Å². The second kappa shape index (κ2) is 5.74. The van der Waals surface area contributed by atoms with Crippen molar-refractivity contribution in [1.29, 1.82) is 0 Å². The maximum absolute atomic E-state index is 11.9. The first-order chi connectivity index (χ1) is 9.36. The Kier molecular flexibility index (Phi) is 4.39. The first kappa shape index (κ1) is 15.3. The lowest BCUT2D eigenvalue weighted by molar-refractivity contribution is -0.117. The van der Waals surface area contributed by atoms with Crippen molar-refractivity contribution in [3.05, 3.63) is 22.2 Å². The topological polar surface area (TPSA) is 44.4 Å². The summed E-state index contributed by atoms with van der Waals surface area (Å²) in [7, 11) is 3.89. The van der Waals surface area contributed by atoms with Gasteiger partial charge in [0.2, 0.25) is 5.91 Å². The van der Waals surface area contributed by atoms with Gasteiger partial charge in [0.1, 0.15) is 6.04 Å². The van der Waals surface area contributed by atoms with Crippen LogP contribution < -0.4 is 15.5 Å². The van der Waals surface area contributed by atoms with Crippen LogP contribution in [0.15, 0.2) is 16.6 Å². The van der Waals surface area contributed by atoms with E-state index in [1.807, 2.05) is 12.1 Å². The summed E-state index contributed by atoms with van der Waals surface area (Å²) in [5.74, 6) is 0.561. The Hall–Kier alpha value is -1.07. The molecule has 110 valence electrons. The van der Waals surface area contributed by atoms with Gasteiger partial charge in [-0.2, -0.15) is 0 Å². The zero-order valence-corrected chi connectivity index (χ0v) is 14.2. The van der Waals surface area contributed by atoms with Crippen LogP contribution in [-0.2, 0) is 4.79 Å². The fourth-order valence-corrected chi connectivity index (χ4v) is 3.13. The van der Waals surface area contributed by atoms with Crippen LogP contribution in [0.3, 0.4) is 0 Å². The second-order valence-electron chi connectivity index (χ2n) is 5.70. The quantitative estimate of drug-likeness (QED) is 0.885. The van der Waals surface area contributed by atoms with E-state index in [1.54, 1.807) is 7.05 Å². The van der Waals surface area contributed by atoms with Crippen LogP contribution in [0.2, 0.25) is 0 Å². The highest BCUT2D eigenvalue weighted by molar-refractivity contribution is 9.10. The number of nitrogens with one attached hydrogen (secondary N) is 2. The van der Waals surface area contributed by atoms with Gasteiger partial charge in [0, 0.05) is 28.8 Å². The molecule has 0 saturated heterocycles. The normalized spacial score (nSPS) is 18.9. The molecule has 20 heavy (non-hydrogen) atoms. The molecule has 4 nitrogen and oxygen atoms in total. The number of rotatable bonds is 4. The van der Waals surface area contributed by atoms with Crippen molar-refractivity contribution in [3.8, 4) is 0 Å². The van der Waals surface area contributed by atoms with Crippen LogP contribution in [0, 0.1) is 5.92 Å². The molecule has 2 N–H and O–H groups in total. The smallest absolute Gasteiger partial charge is 0.246 e. The molecular weight excluding hydrogens is 318 g/mol. The molecule has 2 rings (SSSR count). The lowest BCUT2D eigenvalue weighted by atomic mass is 10.0. The number of carbonyl (C=O) groups excluding carboxylic acids is 1. The molecule has 2 atom stereocenters. The van der Waals surface area contributed by atoms with Crippen molar-refractivity contribution >= 4 is 33.2 Å². The number of halogens is 1. The van der Waals surface area contributed by atoms with Crippen molar-refractivity contribution < 1.29 is 4.79 Å². The molecule has 1 aliphatic heterocycles. The van der Waals surface area contributed by atoms with Crippen LogP contribution in [0.5, 0.6) is 0 Å². The predicted molar refractivity (Wildman–Crippen MR) is 87.3 cm³/mol. The number of anilines is 2. The summed E-state index contributed by atoms with van der Waals surface area (Å²) in [5.41, 5.74) is 3.00. The molecule has 2 unspecified atom stereocenters. The molecule has 0 fully saturated rings. The monoisotopic (exact) mass is 339 g/mol. The number of fused-ring (bicyclic) bond motifs is 1. The molecule has 1 aromatic rings. The fourth-order valence-electron chi connectivity index (χ4n) is 2.49. The third-order valence-corrected chi connectivity index (χ3v) is 4.83. The fraction of sp³-hybridized carbons (Fsp3) is 0.533. The molecule has 0 spiro atoms. The molecule has 5 heteroatoms. The summed E-state index contributed by atoms with van der Waals surface area (Å²) in [6, 6.07) is 4.24. The number of hydrogen-bond acceptors (Lipinski definition) is 3. The van der Waals surface area contributed by atoms with Crippen molar-refractivity contribution in [1.82, 2.24) is 5.32 Å². The molecule has 1 aromatic carbocycles. The Labute approximate surface area is 129 Å². The van der Waals surface area contributed by atoms with Crippen LogP contribution in [0.1, 0.15) is 32.4 Å². The number of carbonyl (C=O) groups is 1. The highest BCUT2D eigenvalue weighted by Gasteiger charge is 2.31. The van der Waals surface area contributed by atoms with Crippen molar-refractivity contribution in [2.45, 2.75) is 32.9 Å². The summed E-state index contributed by atoms with van der Waals surface area (Å²) in [6.07, 6.45) is 0. The number of likely N-dealkylation sites (N-methyl/N-ethyl adjacent to an activating group) is 1. The largest absolute Gasteiger partial charge is 0.371 e. The van der Waals surface area contributed by atoms with E-state index in [9.17, 15) is 4.79 Å². The minimum absolute atomic E-state index is 0.00566. The van der Waals surface area contributed by atoms with Crippen molar-refractivity contribution in [2.24, 2.45) is 5.92 Å². The standard InChI is InChI=1S/C15H22BrN3O/c1-8(2)9(3)19(5)13-7-12-10(6-11(13)16)14(17-4)15(20)18-12/h6-9,14,17H,1-5H3,(H,18,20). The minimum atomic E-state index is -0.261. The minimum Gasteiger partial charge on any atom is -0.371 e. The predicted octanol–water partition coefficient (Wildman–Crippen LogP) is 3.14. The summed E-state index contributed by atoms with van der Waals surface area (Å²) in [5, 5.41) is 5.98. The van der Waals surface area contributed by atoms with E-state index in [2.05, 4.69) is 59.3 Å². The summed E-state index contributed by atoms with van der Waals surface area (Å²) in [4.78, 5) is 14.1. The lowest BCUT2D eigenvalue weighted by Crippen LogP contribution is -2.33. The van der Waals surface area contributed by atoms with Crippen molar-refractivity contribution in [2.75, 3.05) is 24.3 Å². The first-order valence-corrected chi connectivity index (χ1v) is 7.70. The zero-order chi connectivity index (χ0) is 15.0. The van der Waals surface area contributed by atoms with Gasteiger partial charge in [-0.15, -0.1) is 0 Å². The average Bonchev–Trinajstić information content (AvgIpc) is 2.70. The van der Waals surface area contributed by atoms with Gasteiger partial charge in [0.05, 0.1) is 5.69 Å². The van der Waals surface area contributed by atoms with Crippen LogP contribution in [-0.4, -0.2) is 26.0 Å². The highest BCUT2D eigenvalue weighted by Crippen LogP contribution is 2.39. The molecule has 0 saturated carbocycles. The number of hydrogen-bond donors (Lipinski definition) is 2. The third-order valence-electron chi connectivity index (χ3n) is 4.19. The Bertz CT molecular complexity index is 530. The van der Waals surface area contributed by atoms with E-state index in [0.717, 1.165) is 21.4 Å². The summed E-state index contributed by atoms with van der Waals surface area (Å²) >= 11 is 3.64. The third kappa shape index (κ3) is 2.56. The summed E-state index contributed by atoms with van der Waals surface area (Å²) < 4.78 is 1.02. The lowest BCUT2D eigenvalue weighted by Gasteiger charge is -2.31. The Morgan fingerprint density at radius 2 is 2.00 bits per heavy atom. The van der Waals surface area contributed by atoms with Gasteiger partial charge in [0.15, 0.2) is 0 Å². The molecule has 1 heterocycles. The van der Waals surface area contributed by atoms with E-state index in [-0.39, 0.29) is 11.9 Å². The Balaban J connectivity index is 2.40. The molecular formula is C15H22BrN3O. The van der Waals surface area contributed by atoms with Gasteiger partial charge in [0.25, 0.3) is 0 Å². The van der Waals surface area contributed by atoms with E-state index in [1.165, 1.54) is 0 Å². The van der Waals surface area contributed by atoms with Gasteiger partial charge in [-0.3, -0.25) is 4.79 Å². The van der Waals surface area contributed by atoms with Crippen molar-refractivity contribution in [3.63, 3.8) is 0 Å². The van der Waals surface area contributed by atoms with E-state index in [4.69, 9.17) is 0 Å². The number of benzene rings is 1. The molecule has 0 bridgehead atoms. The van der Waals surface area contributed by atoms with Crippen LogP contribution in [0.25, 0.3) is 0 Å². The average molecular weight is 340 g/mol. The maximum Gasteiger partial charge on any atom is 0.246 e. The summed E-state index contributed by atoms with van der Waals surface area (Å²) in [6.45, 7) is 6.63. The van der Waals surface area contributed by atoms with Gasteiger partial charge in [-0.25, -0.2) is 0 Å². The van der Waals surface area contributed by atoms with E-state index >= 15 is 0 Å². The highest BCUT2D eigenvalue weighted by atomic mass is 79.9. The molecule has 1 amide bonds. The Morgan fingerprint density at radius 1 is 1.35 bits per heavy atom. The first-order valence-electron chi connectivity index (χ1n) is 6.91. The number of amides is 1. The van der Waals surface area contributed by atoms with E-state index < -0.39 is 0 Å². The van der Waals surface area contributed by atoms with Gasteiger partial charge < -0.3 is 15.5 Å². The van der Waals surface area contributed by atoms with Crippen LogP contribution >= 0.6 is 15.9 Å². The second-order valence-corrected chi connectivity index (χ2v) is 6.55. The molecule has 0 aliphatic carbocycles. The molecule has 1 aliphatic rings. The number of nitrogens with zero attached hydrogens (tertiary/aromatic N) is 1. The zero-order valence-electron chi connectivity index (χ0n) is 12.6. The Morgan fingerprint density at radius 3 is 2.55 bits per heavy atom. The molecule has 0 radical (unpaired) electrons. The van der Waals surface area contributed by atoms with Gasteiger partial charge in [-0.1, -0.05) is 13.8 Å².